The van der Waals surface area contributed by atoms with Crippen LogP contribution in [0.4, 0.5) is 11.5 Å². The number of pyridine rings is 1. The molecule has 1 atom stereocenters. The van der Waals surface area contributed by atoms with Crippen LogP contribution in [0.1, 0.15) is 45.0 Å². The van der Waals surface area contributed by atoms with Crippen LogP contribution in [0.25, 0.3) is 0 Å². The van der Waals surface area contributed by atoms with E-state index in [1.807, 2.05) is 4.90 Å². The van der Waals surface area contributed by atoms with E-state index in [2.05, 4.69) is 20.5 Å². The van der Waals surface area contributed by atoms with Crippen LogP contribution in [0, 0.1) is 0 Å². The van der Waals surface area contributed by atoms with Crippen molar-refractivity contribution in [1.29, 1.82) is 0 Å². The van der Waals surface area contributed by atoms with E-state index in [0.29, 0.717) is 44.2 Å². The average Bonchev–Trinajstić information content (AvgIpc) is 2.99. The van der Waals surface area contributed by atoms with Gasteiger partial charge in [-0.1, -0.05) is 35.3 Å². The molecule has 2 aliphatic rings. The molecule has 0 spiro atoms. The topological polar surface area (TPSA) is 149 Å². The summed E-state index contributed by atoms with van der Waals surface area (Å²) in [5.41, 5.74) is 0.842. The smallest absolute Gasteiger partial charge is 0.259 e. The molecular weight excluding hydrogens is 629 g/mol. The molecule has 44 heavy (non-hydrogen) atoms. The molecule has 3 heterocycles. The fourth-order valence-electron chi connectivity index (χ4n) is 5.30. The van der Waals surface area contributed by atoms with Gasteiger partial charge in [0.25, 0.3) is 11.8 Å². The number of benzene rings is 2. The number of nitrogens with one attached hydrogen (secondary N) is 2. The summed E-state index contributed by atoms with van der Waals surface area (Å²) in [5, 5.41) is 16.2. The van der Waals surface area contributed by atoms with Gasteiger partial charge in [-0.05, 0) is 48.7 Å². The highest BCUT2D eigenvalue weighted by atomic mass is 35.5. The van der Waals surface area contributed by atoms with E-state index in [1.54, 1.807) is 30.3 Å². The Kier molecular flexibility index (Phi) is 9.74. The number of hydrogen-bond donors (Lipinski definition) is 3. The maximum absolute atomic E-state index is 13.3. The fraction of sp³-hybridized carbons (Fsp3) is 0.333. The van der Waals surface area contributed by atoms with Gasteiger partial charge in [0.1, 0.15) is 11.6 Å². The van der Waals surface area contributed by atoms with Crippen LogP contribution in [0.2, 0.25) is 10.0 Å². The Labute approximate surface area is 265 Å². The van der Waals surface area contributed by atoms with Crippen LogP contribution in [-0.4, -0.2) is 90.3 Å². The van der Waals surface area contributed by atoms with Gasteiger partial charge in [-0.2, -0.15) is 0 Å². The lowest BCUT2D eigenvalue weighted by Gasteiger charge is -2.35. The maximum Gasteiger partial charge on any atom is 0.259 e. The highest BCUT2D eigenvalue weighted by Crippen LogP contribution is 2.33. The largest absolute Gasteiger partial charge is 0.506 e. The first kappa shape index (κ1) is 31.7. The van der Waals surface area contributed by atoms with E-state index < -0.39 is 27.4 Å². The lowest BCUT2D eigenvalue weighted by molar-refractivity contribution is -0.135. The number of hydrogen-bond acceptors (Lipinski definition) is 8. The van der Waals surface area contributed by atoms with Crippen LogP contribution in [0.15, 0.2) is 54.7 Å². The predicted molar refractivity (Wildman–Crippen MR) is 168 cm³/mol. The van der Waals surface area contributed by atoms with Crippen LogP contribution < -0.4 is 10.6 Å². The number of aromatic hydroxyl groups is 1. The summed E-state index contributed by atoms with van der Waals surface area (Å²) in [6.45, 7) is 2.77. The standard InChI is InChI=1S/C30H31Cl2N5O6S/c31-21-7-8-26(33-18-21)34-29(40)24-16-22(32)17-25(38)27(24)35-28(39)20-5-3-19(4-6-20)23-2-1-9-37(30(23)41)11-10-36-12-14-44(42,43)15-13-36/h3-8,16-18,23,38H,1-2,9-15H2,(H,35,39)(H,33,34,40). The summed E-state index contributed by atoms with van der Waals surface area (Å²) < 4.78 is 23.4. The van der Waals surface area contributed by atoms with E-state index in [4.69, 9.17) is 23.2 Å². The number of phenolic OH excluding ortho intramolecular Hbond substituents is 1. The number of rotatable bonds is 8. The molecule has 3 N–H and O–H groups in total. The number of piperidine rings is 1. The molecule has 232 valence electrons. The minimum absolute atomic E-state index is 0.00926. The van der Waals surface area contributed by atoms with Gasteiger partial charge in [-0.15, -0.1) is 0 Å². The molecular formula is C30H31Cl2N5O6S. The van der Waals surface area contributed by atoms with Gasteiger partial charge >= 0.3 is 0 Å². The number of sulfone groups is 1. The number of aromatic nitrogens is 1. The third-order valence-electron chi connectivity index (χ3n) is 7.76. The maximum atomic E-state index is 13.3. The average molecular weight is 661 g/mol. The van der Waals surface area contributed by atoms with Crippen LogP contribution in [0.5, 0.6) is 5.75 Å². The second-order valence-electron chi connectivity index (χ2n) is 10.8. The normalized spacial score (nSPS) is 18.5. The number of likely N-dealkylation sites (tertiary alicyclic amines) is 1. The fourth-order valence-corrected chi connectivity index (χ4v) is 6.90. The number of phenols is 1. The van der Waals surface area contributed by atoms with E-state index >= 15 is 0 Å². The number of carbonyl (C=O) groups is 3. The zero-order valence-electron chi connectivity index (χ0n) is 23.6. The summed E-state index contributed by atoms with van der Waals surface area (Å²) in [6, 6.07) is 12.2. The van der Waals surface area contributed by atoms with Crippen molar-refractivity contribution < 1.29 is 27.9 Å². The van der Waals surface area contributed by atoms with Crippen molar-refractivity contribution in [2.24, 2.45) is 0 Å². The van der Waals surface area contributed by atoms with Crippen LogP contribution in [-0.2, 0) is 14.6 Å². The third-order valence-corrected chi connectivity index (χ3v) is 9.81. The summed E-state index contributed by atoms with van der Waals surface area (Å²) in [7, 11) is -2.96. The molecule has 1 unspecified atom stereocenters. The number of anilines is 2. The number of carbonyl (C=O) groups excluding carboxylic acids is 3. The molecule has 3 amide bonds. The van der Waals surface area contributed by atoms with Crippen molar-refractivity contribution in [3.8, 4) is 5.75 Å². The molecule has 11 nitrogen and oxygen atoms in total. The molecule has 2 aromatic carbocycles. The van der Waals surface area contributed by atoms with Crippen molar-refractivity contribution in [2.45, 2.75) is 18.8 Å². The highest BCUT2D eigenvalue weighted by molar-refractivity contribution is 7.91. The third kappa shape index (κ3) is 7.68. The number of nitrogens with zero attached hydrogens (tertiary/aromatic N) is 3. The Balaban J connectivity index is 1.24. The summed E-state index contributed by atoms with van der Waals surface area (Å²) >= 11 is 11.9. The molecule has 3 aromatic rings. The van der Waals surface area contributed by atoms with E-state index in [0.717, 1.165) is 12.0 Å². The molecule has 2 aliphatic heterocycles. The Morgan fingerprint density at radius 2 is 1.66 bits per heavy atom. The highest BCUT2D eigenvalue weighted by Gasteiger charge is 2.31. The van der Waals surface area contributed by atoms with Gasteiger partial charge in [-0.3, -0.25) is 19.3 Å². The lowest BCUT2D eigenvalue weighted by atomic mass is 9.89. The molecule has 0 aliphatic carbocycles. The molecule has 1 aromatic heterocycles. The molecule has 0 bridgehead atoms. The Morgan fingerprint density at radius 1 is 0.932 bits per heavy atom. The summed E-state index contributed by atoms with van der Waals surface area (Å²) in [4.78, 5) is 47.4. The monoisotopic (exact) mass is 659 g/mol. The minimum Gasteiger partial charge on any atom is -0.506 e. The molecule has 0 saturated carbocycles. The first-order valence-electron chi connectivity index (χ1n) is 14.1. The van der Waals surface area contributed by atoms with Crippen molar-refractivity contribution in [2.75, 3.05) is 54.9 Å². The number of halogens is 2. The van der Waals surface area contributed by atoms with E-state index in [-0.39, 0.29) is 51.0 Å². The first-order chi connectivity index (χ1) is 21.0. The zero-order valence-corrected chi connectivity index (χ0v) is 26.0. The minimum atomic E-state index is -2.96. The second kappa shape index (κ2) is 13.5. The van der Waals surface area contributed by atoms with Gasteiger partial charge < -0.3 is 20.6 Å². The Morgan fingerprint density at radius 3 is 2.34 bits per heavy atom. The summed E-state index contributed by atoms with van der Waals surface area (Å²) in [5.74, 6) is -1.45. The van der Waals surface area contributed by atoms with Gasteiger partial charge in [0.05, 0.1) is 33.7 Å². The molecule has 0 radical (unpaired) electrons. The van der Waals surface area contributed by atoms with Crippen molar-refractivity contribution in [3.63, 3.8) is 0 Å². The van der Waals surface area contributed by atoms with Crippen molar-refractivity contribution in [1.82, 2.24) is 14.8 Å². The number of amides is 3. The van der Waals surface area contributed by atoms with Crippen LogP contribution in [0.3, 0.4) is 0 Å². The van der Waals surface area contributed by atoms with E-state index in [1.165, 1.54) is 24.4 Å². The predicted octanol–water partition coefficient (Wildman–Crippen LogP) is 4.04. The quantitative estimate of drug-likeness (QED) is 0.307. The molecule has 14 heteroatoms. The van der Waals surface area contributed by atoms with Crippen molar-refractivity contribution >= 4 is 62.3 Å². The SMILES string of the molecule is O=C(Nc1c(O)cc(Cl)cc1C(=O)Nc1ccc(Cl)cn1)c1ccc(C2CCCN(CCN3CCS(=O)(=O)CC3)C2=O)cc1. The lowest BCUT2D eigenvalue weighted by Crippen LogP contribution is -2.47. The second-order valence-corrected chi connectivity index (χ2v) is 13.9. The van der Waals surface area contributed by atoms with Gasteiger partial charge in [-0.25, -0.2) is 13.4 Å². The molecule has 2 fully saturated rings. The van der Waals surface area contributed by atoms with E-state index in [9.17, 15) is 27.9 Å². The zero-order chi connectivity index (χ0) is 31.4. The molecule has 5 rings (SSSR count). The Bertz CT molecular complexity index is 1650. The van der Waals surface area contributed by atoms with Gasteiger partial charge in [0, 0.05) is 55.6 Å². The van der Waals surface area contributed by atoms with Gasteiger partial charge in [0.2, 0.25) is 5.91 Å². The summed E-state index contributed by atoms with van der Waals surface area (Å²) in [6.07, 6.45) is 2.88. The molecule has 2 saturated heterocycles. The van der Waals surface area contributed by atoms with Gasteiger partial charge in [0.15, 0.2) is 9.84 Å². The van der Waals surface area contributed by atoms with Crippen molar-refractivity contribution in [3.05, 3.63) is 81.5 Å². The van der Waals surface area contributed by atoms with Crippen LogP contribution >= 0.6 is 23.2 Å². The first-order valence-corrected chi connectivity index (χ1v) is 16.6. The Hall–Kier alpha value is -3.71.